The molecule has 0 unspecified atom stereocenters. The van der Waals surface area contributed by atoms with Crippen molar-refractivity contribution in [2.75, 3.05) is 11.9 Å². The van der Waals surface area contributed by atoms with Gasteiger partial charge in [-0.05, 0) is 18.9 Å². The number of H-pyrrole nitrogens is 1. The number of nitrogens with zero attached hydrogens (tertiary/aromatic N) is 1. The van der Waals surface area contributed by atoms with Crippen LogP contribution < -0.4 is 10.9 Å². The summed E-state index contributed by atoms with van der Waals surface area (Å²) in [5.74, 6) is 1.57. The molecule has 0 bridgehead atoms. The largest absolute Gasteiger partial charge is 0.370 e. The summed E-state index contributed by atoms with van der Waals surface area (Å²) in [5.41, 5.74) is 2.44. The predicted octanol–water partition coefficient (Wildman–Crippen LogP) is 2.86. The molecule has 1 aromatic carbocycles. The molecule has 2 aromatic rings. The van der Waals surface area contributed by atoms with Gasteiger partial charge in [0.05, 0.1) is 0 Å². The number of benzene rings is 1. The van der Waals surface area contributed by atoms with Gasteiger partial charge in [-0.1, -0.05) is 43.7 Å². The van der Waals surface area contributed by atoms with Crippen LogP contribution in [0.3, 0.4) is 0 Å². The van der Waals surface area contributed by atoms with E-state index >= 15 is 0 Å². The third-order valence-corrected chi connectivity index (χ3v) is 3.11. The molecular formula is C16H21N3O. The highest BCUT2D eigenvalue weighted by molar-refractivity contribution is 5.34. The number of anilines is 1. The van der Waals surface area contributed by atoms with Crippen molar-refractivity contribution in [1.82, 2.24) is 9.97 Å². The van der Waals surface area contributed by atoms with Gasteiger partial charge < -0.3 is 10.3 Å². The van der Waals surface area contributed by atoms with Crippen molar-refractivity contribution in [3.8, 4) is 0 Å². The second kappa shape index (κ2) is 6.37. The first-order chi connectivity index (χ1) is 9.54. The van der Waals surface area contributed by atoms with Crippen molar-refractivity contribution in [2.45, 2.75) is 33.1 Å². The van der Waals surface area contributed by atoms with Crippen LogP contribution in [0.4, 0.5) is 5.82 Å². The van der Waals surface area contributed by atoms with Crippen LogP contribution in [-0.4, -0.2) is 16.5 Å². The summed E-state index contributed by atoms with van der Waals surface area (Å²) in [6.07, 6.45) is 0.910. The Balaban J connectivity index is 1.99. The van der Waals surface area contributed by atoms with Crippen LogP contribution >= 0.6 is 0 Å². The number of aryl methyl sites for hydroxylation is 1. The number of aromatic nitrogens is 2. The van der Waals surface area contributed by atoms with E-state index < -0.39 is 0 Å². The Morgan fingerprint density at radius 2 is 2.10 bits per heavy atom. The molecule has 0 fully saturated rings. The van der Waals surface area contributed by atoms with Crippen molar-refractivity contribution < 1.29 is 0 Å². The Labute approximate surface area is 119 Å². The Morgan fingerprint density at radius 3 is 2.80 bits per heavy atom. The van der Waals surface area contributed by atoms with Crippen molar-refractivity contribution in [3.63, 3.8) is 0 Å². The minimum absolute atomic E-state index is 0.109. The van der Waals surface area contributed by atoms with Gasteiger partial charge in [-0.2, -0.15) is 0 Å². The first kappa shape index (κ1) is 14.3. The molecule has 0 spiro atoms. The fourth-order valence-corrected chi connectivity index (χ4v) is 2.04. The van der Waals surface area contributed by atoms with E-state index in [0.717, 1.165) is 18.8 Å². The van der Waals surface area contributed by atoms with E-state index in [1.807, 2.05) is 13.8 Å². The molecule has 4 heteroatoms. The van der Waals surface area contributed by atoms with Crippen molar-refractivity contribution in [2.24, 2.45) is 0 Å². The molecule has 0 amide bonds. The molecular weight excluding hydrogens is 250 g/mol. The van der Waals surface area contributed by atoms with Gasteiger partial charge in [-0.15, -0.1) is 0 Å². The van der Waals surface area contributed by atoms with E-state index in [4.69, 9.17) is 0 Å². The zero-order valence-corrected chi connectivity index (χ0v) is 12.2. The van der Waals surface area contributed by atoms with Crippen molar-refractivity contribution in [3.05, 3.63) is 57.6 Å². The van der Waals surface area contributed by atoms with Crippen LogP contribution in [0, 0.1) is 6.92 Å². The molecule has 2 N–H and O–H groups in total. The highest BCUT2D eigenvalue weighted by Crippen LogP contribution is 2.09. The molecule has 1 heterocycles. The minimum Gasteiger partial charge on any atom is -0.370 e. The Morgan fingerprint density at radius 1 is 1.30 bits per heavy atom. The minimum atomic E-state index is -0.109. The molecule has 0 saturated carbocycles. The van der Waals surface area contributed by atoms with Gasteiger partial charge in [0.2, 0.25) is 0 Å². The molecule has 0 atom stereocenters. The quantitative estimate of drug-likeness (QED) is 0.879. The molecule has 4 nitrogen and oxygen atoms in total. The summed E-state index contributed by atoms with van der Waals surface area (Å²) in [6.45, 7) is 6.87. The zero-order valence-electron chi connectivity index (χ0n) is 12.2. The highest BCUT2D eigenvalue weighted by atomic mass is 16.1. The summed E-state index contributed by atoms with van der Waals surface area (Å²) in [7, 11) is 0. The molecule has 1 aromatic heterocycles. The molecule has 0 radical (unpaired) electrons. The van der Waals surface area contributed by atoms with Crippen molar-refractivity contribution in [1.29, 1.82) is 0 Å². The summed E-state index contributed by atoms with van der Waals surface area (Å²) in [5, 5.41) is 3.22. The Kier molecular flexibility index (Phi) is 4.56. The number of hydrogen-bond acceptors (Lipinski definition) is 3. The summed E-state index contributed by atoms with van der Waals surface area (Å²) in [6, 6.07) is 9.94. The number of aromatic amines is 1. The third-order valence-electron chi connectivity index (χ3n) is 3.11. The summed E-state index contributed by atoms with van der Waals surface area (Å²) in [4.78, 5) is 18.7. The van der Waals surface area contributed by atoms with E-state index in [2.05, 4.69) is 46.5 Å². The standard InChI is InChI=1S/C16H21N3O/c1-11(2)16-18-14(10-15(20)19-16)17-8-7-13-6-4-5-12(3)9-13/h4-6,9-11H,7-8H2,1-3H3,(H2,17,18,19,20). The van der Waals surface area contributed by atoms with Gasteiger partial charge in [0.1, 0.15) is 11.6 Å². The molecule has 0 aliphatic heterocycles. The molecule has 0 aliphatic rings. The fraction of sp³-hybridized carbons (Fsp3) is 0.375. The first-order valence-electron chi connectivity index (χ1n) is 6.95. The monoisotopic (exact) mass is 271 g/mol. The van der Waals surface area contributed by atoms with Gasteiger partial charge in [-0.3, -0.25) is 4.79 Å². The van der Waals surface area contributed by atoms with Gasteiger partial charge in [-0.25, -0.2) is 4.98 Å². The van der Waals surface area contributed by atoms with Crippen LogP contribution in [0.2, 0.25) is 0 Å². The average Bonchev–Trinajstić information content (AvgIpc) is 2.38. The maximum Gasteiger partial charge on any atom is 0.252 e. The van der Waals surface area contributed by atoms with E-state index in [1.54, 1.807) is 0 Å². The van der Waals surface area contributed by atoms with Gasteiger partial charge in [0, 0.05) is 18.5 Å². The molecule has 20 heavy (non-hydrogen) atoms. The van der Waals surface area contributed by atoms with Crippen LogP contribution in [0.25, 0.3) is 0 Å². The lowest BCUT2D eigenvalue weighted by Gasteiger charge is -2.09. The van der Waals surface area contributed by atoms with Crippen LogP contribution in [-0.2, 0) is 6.42 Å². The second-order valence-corrected chi connectivity index (χ2v) is 5.34. The lowest BCUT2D eigenvalue weighted by molar-refractivity contribution is 0.766. The maximum atomic E-state index is 11.6. The molecule has 0 aliphatic carbocycles. The van der Waals surface area contributed by atoms with E-state index in [1.165, 1.54) is 17.2 Å². The van der Waals surface area contributed by atoms with E-state index in [-0.39, 0.29) is 11.5 Å². The fourth-order valence-electron chi connectivity index (χ4n) is 2.04. The van der Waals surface area contributed by atoms with Gasteiger partial charge in [0.15, 0.2) is 0 Å². The van der Waals surface area contributed by atoms with Gasteiger partial charge >= 0.3 is 0 Å². The predicted molar refractivity (Wildman–Crippen MR) is 82.3 cm³/mol. The molecule has 0 saturated heterocycles. The van der Waals surface area contributed by atoms with Crippen molar-refractivity contribution >= 4 is 5.82 Å². The smallest absolute Gasteiger partial charge is 0.252 e. The Bertz CT molecular complexity index is 632. The summed E-state index contributed by atoms with van der Waals surface area (Å²) < 4.78 is 0. The normalized spacial score (nSPS) is 10.8. The van der Waals surface area contributed by atoms with E-state index in [0.29, 0.717) is 5.82 Å². The lowest BCUT2D eigenvalue weighted by Crippen LogP contribution is -2.15. The Hall–Kier alpha value is -2.10. The first-order valence-corrected chi connectivity index (χ1v) is 6.95. The topological polar surface area (TPSA) is 57.8 Å². The average molecular weight is 271 g/mol. The molecule has 2 rings (SSSR count). The highest BCUT2D eigenvalue weighted by Gasteiger charge is 2.04. The SMILES string of the molecule is Cc1cccc(CCNc2cc(=O)[nH]c(C(C)C)n2)c1. The van der Waals surface area contributed by atoms with Crippen LogP contribution in [0.5, 0.6) is 0 Å². The summed E-state index contributed by atoms with van der Waals surface area (Å²) >= 11 is 0. The second-order valence-electron chi connectivity index (χ2n) is 5.34. The van der Waals surface area contributed by atoms with Crippen LogP contribution in [0.15, 0.2) is 35.1 Å². The van der Waals surface area contributed by atoms with Gasteiger partial charge in [0.25, 0.3) is 5.56 Å². The van der Waals surface area contributed by atoms with Crippen LogP contribution in [0.1, 0.15) is 36.7 Å². The lowest BCUT2D eigenvalue weighted by atomic mass is 10.1. The number of rotatable bonds is 5. The number of hydrogen-bond donors (Lipinski definition) is 2. The molecule has 106 valence electrons. The maximum absolute atomic E-state index is 11.6. The van der Waals surface area contributed by atoms with E-state index in [9.17, 15) is 4.79 Å². The number of nitrogens with one attached hydrogen (secondary N) is 2. The zero-order chi connectivity index (χ0) is 14.5. The third kappa shape index (κ3) is 3.95.